The van der Waals surface area contributed by atoms with Crippen molar-refractivity contribution < 1.29 is 14.3 Å². The molecule has 0 saturated heterocycles. The summed E-state index contributed by atoms with van der Waals surface area (Å²) in [6, 6.07) is 1.77. The average molecular weight is 300 g/mol. The van der Waals surface area contributed by atoms with Gasteiger partial charge in [-0.05, 0) is 25.3 Å². The highest BCUT2D eigenvalue weighted by Gasteiger charge is 2.15. The Labute approximate surface area is 124 Å². The van der Waals surface area contributed by atoms with Gasteiger partial charge in [0, 0.05) is 19.8 Å². The molecule has 1 heterocycles. The maximum Gasteiger partial charge on any atom is 0.350 e. The van der Waals surface area contributed by atoms with Gasteiger partial charge in [0.15, 0.2) is 0 Å². The quantitative estimate of drug-likeness (QED) is 0.542. The van der Waals surface area contributed by atoms with Crippen LogP contribution in [0.4, 0.5) is 10.7 Å². The summed E-state index contributed by atoms with van der Waals surface area (Å²) in [6.45, 7) is 8.70. The number of ether oxygens (including phenoxy) is 2. The zero-order valence-electron chi connectivity index (χ0n) is 12.4. The van der Waals surface area contributed by atoms with Crippen molar-refractivity contribution in [2.45, 2.75) is 27.2 Å². The molecule has 6 heteroatoms. The van der Waals surface area contributed by atoms with E-state index < -0.39 is 0 Å². The molecule has 3 N–H and O–H groups in total. The smallest absolute Gasteiger partial charge is 0.350 e. The van der Waals surface area contributed by atoms with E-state index in [9.17, 15) is 4.79 Å². The zero-order chi connectivity index (χ0) is 15.0. The summed E-state index contributed by atoms with van der Waals surface area (Å²) in [5, 5.41) is 4.13. The normalized spacial score (nSPS) is 10.8. The highest BCUT2D eigenvalue weighted by molar-refractivity contribution is 7.18. The lowest BCUT2D eigenvalue weighted by atomic mass is 10.2. The lowest BCUT2D eigenvalue weighted by molar-refractivity contribution is 0.0533. The minimum atomic E-state index is -0.358. The number of nitrogens with two attached hydrogens (primary N) is 1. The molecule has 0 radical (unpaired) electrons. The van der Waals surface area contributed by atoms with Crippen molar-refractivity contribution >= 4 is 28.0 Å². The molecule has 114 valence electrons. The molecular weight excluding hydrogens is 276 g/mol. The first-order chi connectivity index (χ1) is 9.54. The molecule has 0 fully saturated rings. The first-order valence-electron chi connectivity index (χ1n) is 6.92. The van der Waals surface area contributed by atoms with Gasteiger partial charge >= 0.3 is 5.97 Å². The van der Waals surface area contributed by atoms with E-state index in [-0.39, 0.29) is 5.97 Å². The maximum atomic E-state index is 11.6. The van der Waals surface area contributed by atoms with E-state index in [0.29, 0.717) is 23.1 Å². The standard InChI is InChI=1S/C14H24N2O3S/c1-4-19-14(17)13-11(15)8-12(20-13)16-6-5-7-18-9-10(2)3/h8,10,16H,4-7,9,15H2,1-3H3. The minimum Gasteiger partial charge on any atom is -0.462 e. The molecule has 0 aliphatic rings. The largest absolute Gasteiger partial charge is 0.462 e. The van der Waals surface area contributed by atoms with Gasteiger partial charge in [0.1, 0.15) is 4.88 Å². The van der Waals surface area contributed by atoms with Crippen LogP contribution in [0.1, 0.15) is 36.9 Å². The second kappa shape index (κ2) is 8.81. The fourth-order valence-corrected chi connectivity index (χ4v) is 2.45. The third-order valence-corrected chi connectivity index (χ3v) is 3.53. The van der Waals surface area contributed by atoms with E-state index >= 15 is 0 Å². The first-order valence-corrected chi connectivity index (χ1v) is 7.74. The van der Waals surface area contributed by atoms with Gasteiger partial charge in [-0.15, -0.1) is 11.3 Å². The van der Waals surface area contributed by atoms with Gasteiger partial charge in [0.25, 0.3) is 0 Å². The van der Waals surface area contributed by atoms with Crippen LogP contribution in [0.5, 0.6) is 0 Å². The number of hydrogen-bond donors (Lipinski definition) is 2. The second-order valence-corrected chi connectivity index (χ2v) is 5.92. The molecule has 0 bridgehead atoms. The van der Waals surface area contributed by atoms with Crippen LogP contribution in [0, 0.1) is 5.92 Å². The van der Waals surface area contributed by atoms with Gasteiger partial charge in [-0.1, -0.05) is 13.8 Å². The van der Waals surface area contributed by atoms with E-state index in [4.69, 9.17) is 15.2 Å². The number of thiophene rings is 1. The summed E-state index contributed by atoms with van der Waals surface area (Å²) in [5.74, 6) is 0.204. The van der Waals surface area contributed by atoms with Crippen molar-refractivity contribution in [2.75, 3.05) is 37.4 Å². The van der Waals surface area contributed by atoms with Crippen LogP contribution >= 0.6 is 11.3 Å². The van der Waals surface area contributed by atoms with Crippen molar-refractivity contribution in [3.63, 3.8) is 0 Å². The van der Waals surface area contributed by atoms with E-state index in [1.807, 2.05) is 0 Å². The Kier molecular flexibility index (Phi) is 7.40. The number of carbonyl (C=O) groups is 1. The lowest BCUT2D eigenvalue weighted by Gasteiger charge is -2.07. The van der Waals surface area contributed by atoms with Crippen LogP contribution in [0.25, 0.3) is 0 Å². The Morgan fingerprint density at radius 3 is 2.90 bits per heavy atom. The van der Waals surface area contributed by atoms with Gasteiger partial charge in [-0.2, -0.15) is 0 Å². The molecule has 0 atom stereocenters. The number of hydrogen-bond acceptors (Lipinski definition) is 6. The number of nitrogen functional groups attached to an aromatic ring is 1. The second-order valence-electron chi connectivity index (χ2n) is 4.86. The fourth-order valence-electron chi connectivity index (χ4n) is 1.55. The van der Waals surface area contributed by atoms with Crippen LogP contribution in [0.3, 0.4) is 0 Å². The van der Waals surface area contributed by atoms with Crippen molar-refractivity contribution in [3.8, 4) is 0 Å². The third kappa shape index (κ3) is 5.79. The molecule has 0 amide bonds. The topological polar surface area (TPSA) is 73.6 Å². The molecule has 0 aliphatic carbocycles. The molecule has 0 unspecified atom stereocenters. The zero-order valence-corrected chi connectivity index (χ0v) is 13.2. The molecular formula is C14H24N2O3S. The molecule has 0 aliphatic heterocycles. The van der Waals surface area contributed by atoms with Crippen LogP contribution in [0.2, 0.25) is 0 Å². The van der Waals surface area contributed by atoms with Crippen molar-refractivity contribution in [1.29, 1.82) is 0 Å². The molecule has 0 saturated carbocycles. The number of rotatable bonds is 9. The highest BCUT2D eigenvalue weighted by Crippen LogP contribution is 2.29. The van der Waals surface area contributed by atoms with Gasteiger partial charge in [0.2, 0.25) is 0 Å². The number of anilines is 2. The Morgan fingerprint density at radius 1 is 1.50 bits per heavy atom. The molecule has 0 spiro atoms. The first kappa shape index (κ1) is 16.8. The molecule has 20 heavy (non-hydrogen) atoms. The van der Waals surface area contributed by atoms with Crippen LogP contribution in [-0.4, -0.2) is 32.3 Å². The van der Waals surface area contributed by atoms with Gasteiger partial charge < -0.3 is 20.5 Å². The molecule has 1 aromatic rings. The van der Waals surface area contributed by atoms with Crippen LogP contribution in [0.15, 0.2) is 6.07 Å². The summed E-state index contributed by atoms with van der Waals surface area (Å²) in [7, 11) is 0. The Balaban J connectivity index is 2.31. The van der Waals surface area contributed by atoms with Crippen molar-refractivity contribution in [2.24, 2.45) is 5.92 Å². The van der Waals surface area contributed by atoms with E-state index in [2.05, 4.69) is 19.2 Å². The predicted octanol–water partition coefficient (Wildman–Crippen LogP) is 2.98. The SMILES string of the molecule is CCOC(=O)c1sc(NCCCOCC(C)C)cc1N. The molecule has 1 aromatic heterocycles. The molecule has 1 rings (SSSR count). The van der Waals surface area contributed by atoms with Crippen molar-refractivity contribution in [3.05, 3.63) is 10.9 Å². The van der Waals surface area contributed by atoms with E-state index in [0.717, 1.165) is 31.2 Å². The van der Waals surface area contributed by atoms with Crippen molar-refractivity contribution in [1.82, 2.24) is 0 Å². The summed E-state index contributed by atoms with van der Waals surface area (Å²) in [5.41, 5.74) is 6.27. The van der Waals surface area contributed by atoms with Crippen LogP contribution in [-0.2, 0) is 9.47 Å². The lowest BCUT2D eigenvalue weighted by Crippen LogP contribution is -2.07. The van der Waals surface area contributed by atoms with Gasteiger partial charge in [0.05, 0.1) is 17.3 Å². The van der Waals surface area contributed by atoms with Gasteiger partial charge in [-0.3, -0.25) is 0 Å². The Morgan fingerprint density at radius 2 is 2.25 bits per heavy atom. The Bertz CT molecular complexity index is 419. The monoisotopic (exact) mass is 300 g/mol. The minimum absolute atomic E-state index is 0.353. The third-order valence-electron chi connectivity index (χ3n) is 2.44. The number of nitrogens with one attached hydrogen (secondary N) is 1. The maximum absolute atomic E-state index is 11.6. The summed E-state index contributed by atoms with van der Waals surface area (Å²) in [4.78, 5) is 12.1. The average Bonchev–Trinajstić information content (AvgIpc) is 2.75. The summed E-state index contributed by atoms with van der Waals surface area (Å²) in [6.07, 6.45) is 0.916. The summed E-state index contributed by atoms with van der Waals surface area (Å²) < 4.78 is 10.4. The predicted molar refractivity (Wildman–Crippen MR) is 83.5 cm³/mol. The fraction of sp³-hybridized carbons (Fsp3) is 0.643. The highest BCUT2D eigenvalue weighted by atomic mass is 32.1. The Hall–Kier alpha value is -1.27. The molecule has 5 nitrogen and oxygen atoms in total. The van der Waals surface area contributed by atoms with E-state index in [1.54, 1.807) is 13.0 Å². The molecule has 0 aromatic carbocycles. The number of carbonyl (C=O) groups excluding carboxylic acids is 1. The van der Waals surface area contributed by atoms with Crippen LogP contribution < -0.4 is 11.1 Å². The number of esters is 1. The summed E-state index contributed by atoms with van der Waals surface area (Å²) >= 11 is 1.32. The van der Waals surface area contributed by atoms with E-state index in [1.165, 1.54) is 11.3 Å². The van der Waals surface area contributed by atoms with Gasteiger partial charge in [-0.25, -0.2) is 4.79 Å².